The molecular weight excluding hydrogens is 302 g/mol. The molecule has 0 radical (unpaired) electrons. The Morgan fingerprint density at radius 3 is 2.54 bits per heavy atom. The summed E-state index contributed by atoms with van der Waals surface area (Å²) in [7, 11) is 0. The van der Waals surface area contributed by atoms with Gasteiger partial charge in [0.05, 0.1) is 0 Å². The first-order valence-corrected chi connectivity index (χ1v) is 8.39. The summed E-state index contributed by atoms with van der Waals surface area (Å²) in [6, 6.07) is 13.8. The van der Waals surface area contributed by atoms with Gasteiger partial charge in [0, 0.05) is 18.2 Å². The van der Waals surface area contributed by atoms with E-state index in [1.165, 1.54) is 5.56 Å². The molecule has 5 heteroatoms. The van der Waals surface area contributed by atoms with Crippen molar-refractivity contribution in [1.29, 1.82) is 0 Å². The predicted molar refractivity (Wildman–Crippen MR) is 94.9 cm³/mol. The van der Waals surface area contributed by atoms with Crippen molar-refractivity contribution in [3.05, 3.63) is 64.1 Å². The Hall–Kier alpha value is -2.40. The zero-order chi connectivity index (χ0) is 16.9. The number of aromatic amines is 1. The number of piperidine rings is 1. The number of pyridine rings is 1. The van der Waals surface area contributed by atoms with Gasteiger partial charge in [-0.1, -0.05) is 30.3 Å². The molecule has 1 saturated heterocycles. The summed E-state index contributed by atoms with van der Waals surface area (Å²) in [5.41, 5.74) is 2.17. The Labute approximate surface area is 141 Å². The maximum absolute atomic E-state index is 12.4. The van der Waals surface area contributed by atoms with E-state index in [1.54, 1.807) is 12.1 Å². The van der Waals surface area contributed by atoms with E-state index in [9.17, 15) is 9.59 Å². The van der Waals surface area contributed by atoms with E-state index in [4.69, 9.17) is 0 Å². The number of aryl methyl sites for hydroxylation is 1. The molecule has 0 atom stereocenters. The van der Waals surface area contributed by atoms with Gasteiger partial charge in [-0.25, -0.2) is 0 Å². The molecular formula is C19H23N3O2. The predicted octanol–water partition coefficient (Wildman–Crippen LogP) is 2.53. The van der Waals surface area contributed by atoms with Gasteiger partial charge in [0.15, 0.2) is 0 Å². The Balaban J connectivity index is 1.52. The minimum atomic E-state index is -0.245. The van der Waals surface area contributed by atoms with Gasteiger partial charge in [0.1, 0.15) is 5.69 Å². The molecule has 5 nitrogen and oxygen atoms in total. The van der Waals surface area contributed by atoms with E-state index in [0.29, 0.717) is 5.69 Å². The Morgan fingerprint density at radius 1 is 1.17 bits per heavy atom. The zero-order valence-electron chi connectivity index (χ0n) is 13.9. The number of nitrogens with one attached hydrogen (secondary N) is 2. The second kappa shape index (κ2) is 7.45. The summed E-state index contributed by atoms with van der Waals surface area (Å²) >= 11 is 0. The number of rotatable bonds is 4. The Bertz CT molecular complexity index is 747. The number of benzene rings is 1. The highest BCUT2D eigenvalue weighted by molar-refractivity contribution is 5.92. The smallest absolute Gasteiger partial charge is 0.271 e. The molecule has 0 aliphatic carbocycles. The third-order valence-electron chi connectivity index (χ3n) is 4.52. The van der Waals surface area contributed by atoms with Crippen LogP contribution in [0.1, 0.15) is 24.1 Å². The molecule has 24 heavy (non-hydrogen) atoms. The topological polar surface area (TPSA) is 65.2 Å². The second-order valence-electron chi connectivity index (χ2n) is 6.41. The van der Waals surface area contributed by atoms with Gasteiger partial charge in [-0.2, -0.15) is 0 Å². The van der Waals surface area contributed by atoms with Crippen LogP contribution in [0.4, 0.5) is 5.69 Å². The van der Waals surface area contributed by atoms with E-state index in [1.807, 2.05) is 13.0 Å². The number of H-pyrrole nitrogens is 1. The first-order chi connectivity index (χ1) is 11.6. The lowest BCUT2D eigenvalue weighted by atomic mass is 9.95. The van der Waals surface area contributed by atoms with Crippen molar-refractivity contribution in [3.8, 4) is 0 Å². The van der Waals surface area contributed by atoms with Crippen LogP contribution >= 0.6 is 0 Å². The SMILES string of the molecule is Cc1ccc(NC(=O)C2CCN(Cc3ccccc3)CC2)c(=O)[nH]1. The average molecular weight is 325 g/mol. The van der Waals surface area contributed by atoms with Crippen LogP contribution in [0.25, 0.3) is 0 Å². The van der Waals surface area contributed by atoms with Crippen molar-refractivity contribution >= 4 is 11.6 Å². The molecule has 1 aromatic carbocycles. The van der Waals surface area contributed by atoms with Gasteiger partial charge in [-0.15, -0.1) is 0 Å². The van der Waals surface area contributed by atoms with Gasteiger partial charge in [0.2, 0.25) is 5.91 Å². The first kappa shape index (κ1) is 16.5. The molecule has 0 saturated carbocycles. The molecule has 1 aliphatic rings. The monoisotopic (exact) mass is 325 g/mol. The van der Waals surface area contributed by atoms with E-state index in [2.05, 4.69) is 39.5 Å². The molecule has 2 heterocycles. The minimum Gasteiger partial charge on any atom is -0.325 e. The average Bonchev–Trinajstić information content (AvgIpc) is 2.59. The normalized spacial score (nSPS) is 16.0. The Morgan fingerprint density at radius 2 is 1.88 bits per heavy atom. The highest BCUT2D eigenvalue weighted by Gasteiger charge is 2.25. The van der Waals surface area contributed by atoms with E-state index < -0.39 is 0 Å². The van der Waals surface area contributed by atoms with Crippen LogP contribution < -0.4 is 10.9 Å². The number of hydrogen-bond donors (Lipinski definition) is 2. The van der Waals surface area contributed by atoms with Gasteiger partial charge < -0.3 is 10.3 Å². The number of nitrogens with zero attached hydrogens (tertiary/aromatic N) is 1. The van der Waals surface area contributed by atoms with Crippen LogP contribution in [0.3, 0.4) is 0 Å². The largest absolute Gasteiger partial charge is 0.325 e. The number of likely N-dealkylation sites (tertiary alicyclic amines) is 1. The van der Waals surface area contributed by atoms with Crippen molar-refractivity contribution in [2.75, 3.05) is 18.4 Å². The molecule has 2 aromatic rings. The molecule has 1 aromatic heterocycles. The molecule has 1 aliphatic heterocycles. The highest BCUT2D eigenvalue weighted by atomic mass is 16.2. The lowest BCUT2D eigenvalue weighted by molar-refractivity contribution is -0.121. The van der Waals surface area contributed by atoms with Crippen molar-refractivity contribution in [2.45, 2.75) is 26.3 Å². The Kier molecular flexibility index (Phi) is 5.11. The molecule has 1 amide bonds. The number of carbonyl (C=O) groups excluding carboxylic acids is 1. The molecule has 0 unspecified atom stereocenters. The van der Waals surface area contributed by atoms with E-state index >= 15 is 0 Å². The third kappa shape index (κ3) is 4.11. The minimum absolute atomic E-state index is 0.0299. The fourth-order valence-corrected chi connectivity index (χ4v) is 3.10. The number of anilines is 1. The fourth-order valence-electron chi connectivity index (χ4n) is 3.10. The lowest BCUT2D eigenvalue weighted by Crippen LogP contribution is -2.38. The fraction of sp³-hybridized carbons (Fsp3) is 0.368. The number of amides is 1. The van der Waals surface area contributed by atoms with E-state index in [0.717, 1.165) is 38.2 Å². The standard InChI is InChI=1S/C19H23N3O2/c1-14-7-8-17(19(24)20-14)21-18(23)16-9-11-22(12-10-16)13-15-5-3-2-4-6-15/h2-8,16H,9-13H2,1H3,(H,20,24)(H,21,23). The van der Waals surface area contributed by atoms with Gasteiger partial charge >= 0.3 is 0 Å². The summed E-state index contributed by atoms with van der Waals surface area (Å²) < 4.78 is 0. The summed E-state index contributed by atoms with van der Waals surface area (Å²) in [5, 5.41) is 2.77. The highest BCUT2D eigenvalue weighted by Crippen LogP contribution is 2.20. The maximum Gasteiger partial charge on any atom is 0.271 e. The number of hydrogen-bond acceptors (Lipinski definition) is 3. The number of carbonyl (C=O) groups is 1. The molecule has 1 fully saturated rings. The van der Waals surface area contributed by atoms with E-state index in [-0.39, 0.29) is 17.4 Å². The summed E-state index contributed by atoms with van der Waals surface area (Å²) in [4.78, 5) is 29.3. The molecule has 0 spiro atoms. The van der Waals surface area contributed by atoms with Crippen molar-refractivity contribution in [2.24, 2.45) is 5.92 Å². The van der Waals surface area contributed by atoms with Crippen LogP contribution in [-0.4, -0.2) is 28.9 Å². The van der Waals surface area contributed by atoms with Crippen molar-refractivity contribution in [1.82, 2.24) is 9.88 Å². The second-order valence-corrected chi connectivity index (χ2v) is 6.41. The van der Waals surface area contributed by atoms with Crippen LogP contribution in [0.15, 0.2) is 47.3 Å². The van der Waals surface area contributed by atoms with Crippen LogP contribution in [0, 0.1) is 12.8 Å². The summed E-state index contributed by atoms with van der Waals surface area (Å²) in [6.45, 7) is 4.54. The first-order valence-electron chi connectivity index (χ1n) is 8.39. The van der Waals surface area contributed by atoms with Crippen LogP contribution in [0.2, 0.25) is 0 Å². The van der Waals surface area contributed by atoms with Crippen LogP contribution in [-0.2, 0) is 11.3 Å². The molecule has 126 valence electrons. The molecule has 0 bridgehead atoms. The van der Waals surface area contributed by atoms with Gasteiger partial charge in [0.25, 0.3) is 5.56 Å². The maximum atomic E-state index is 12.4. The van der Waals surface area contributed by atoms with Gasteiger partial charge in [-0.05, 0) is 50.6 Å². The van der Waals surface area contributed by atoms with Crippen molar-refractivity contribution < 1.29 is 4.79 Å². The lowest BCUT2D eigenvalue weighted by Gasteiger charge is -2.31. The number of aromatic nitrogens is 1. The molecule has 3 rings (SSSR count). The van der Waals surface area contributed by atoms with Crippen LogP contribution in [0.5, 0.6) is 0 Å². The zero-order valence-corrected chi connectivity index (χ0v) is 13.9. The summed E-state index contributed by atoms with van der Waals surface area (Å²) in [6.07, 6.45) is 1.64. The third-order valence-corrected chi connectivity index (χ3v) is 4.52. The molecule has 2 N–H and O–H groups in total. The van der Waals surface area contributed by atoms with Crippen molar-refractivity contribution in [3.63, 3.8) is 0 Å². The quantitative estimate of drug-likeness (QED) is 0.908. The summed E-state index contributed by atoms with van der Waals surface area (Å²) in [5.74, 6) is -0.0820. The van der Waals surface area contributed by atoms with Gasteiger partial charge in [-0.3, -0.25) is 14.5 Å².